The van der Waals surface area contributed by atoms with Gasteiger partial charge in [0, 0.05) is 12.5 Å². The van der Waals surface area contributed by atoms with Crippen LogP contribution in [0.2, 0.25) is 0 Å². The minimum Gasteiger partial charge on any atom is -0.392 e. The molecule has 0 heterocycles. The van der Waals surface area contributed by atoms with E-state index in [1.54, 1.807) is 6.07 Å². The first kappa shape index (κ1) is 15.3. The summed E-state index contributed by atoms with van der Waals surface area (Å²) >= 11 is 0. The number of nitrogens with two attached hydrogens (primary N) is 1. The van der Waals surface area contributed by atoms with Gasteiger partial charge in [0.2, 0.25) is 0 Å². The molecule has 1 fully saturated rings. The Labute approximate surface area is 116 Å². The maximum atomic E-state index is 12.7. The molecule has 112 valence electrons. The lowest BCUT2D eigenvalue weighted by Gasteiger charge is -2.27. The zero-order valence-electron chi connectivity index (χ0n) is 11.4. The van der Waals surface area contributed by atoms with E-state index >= 15 is 0 Å². The topological polar surface area (TPSA) is 46.2 Å². The fourth-order valence-corrected chi connectivity index (χ4v) is 2.69. The maximum absolute atomic E-state index is 12.7. The molecule has 1 aromatic rings. The monoisotopic (exact) mass is 287 g/mol. The molecule has 0 bridgehead atoms. The lowest BCUT2D eigenvalue weighted by atomic mass is 9.84. The van der Waals surface area contributed by atoms with Gasteiger partial charge in [0.1, 0.15) is 0 Å². The van der Waals surface area contributed by atoms with Crippen LogP contribution in [0.25, 0.3) is 0 Å². The molecule has 2 rings (SSSR count). The van der Waals surface area contributed by atoms with Gasteiger partial charge in [-0.15, -0.1) is 0 Å². The van der Waals surface area contributed by atoms with Crippen LogP contribution in [0.5, 0.6) is 0 Å². The van der Waals surface area contributed by atoms with Gasteiger partial charge in [-0.2, -0.15) is 13.2 Å². The average molecular weight is 287 g/mol. The van der Waals surface area contributed by atoms with Crippen LogP contribution in [-0.4, -0.2) is 17.8 Å². The highest BCUT2D eigenvalue weighted by molar-refractivity contribution is 5.29. The smallest absolute Gasteiger partial charge is 0.392 e. The summed E-state index contributed by atoms with van der Waals surface area (Å²) in [7, 11) is 0. The predicted octanol–water partition coefficient (Wildman–Crippen LogP) is 3.15. The summed E-state index contributed by atoms with van der Waals surface area (Å²) in [5.41, 5.74) is 5.45. The van der Waals surface area contributed by atoms with Gasteiger partial charge in [-0.05, 0) is 36.3 Å². The Morgan fingerprint density at radius 2 is 2.00 bits per heavy atom. The van der Waals surface area contributed by atoms with E-state index in [9.17, 15) is 18.3 Å². The Hall–Kier alpha value is -1.07. The molecule has 2 nitrogen and oxygen atoms in total. The molecule has 3 N–H and O–H groups in total. The van der Waals surface area contributed by atoms with E-state index in [0.717, 1.165) is 25.0 Å². The zero-order chi connectivity index (χ0) is 14.9. The Morgan fingerprint density at radius 1 is 1.35 bits per heavy atom. The van der Waals surface area contributed by atoms with Crippen LogP contribution in [-0.2, 0) is 6.18 Å². The molecule has 0 aromatic heterocycles. The summed E-state index contributed by atoms with van der Waals surface area (Å²) in [6.45, 7) is 2.08. The first-order chi connectivity index (χ1) is 9.34. The Morgan fingerprint density at radius 3 is 2.50 bits per heavy atom. The summed E-state index contributed by atoms with van der Waals surface area (Å²) in [5.74, 6) is 0.0934. The van der Waals surface area contributed by atoms with Crippen molar-refractivity contribution in [3.05, 3.63) is 35.4 Å². The molecule has 1 aromatic carbocycles. The minimum absolute atomic E-state index is 0.0677. The van der Waals surface area contributed by atoms with E-state index in [2.05, 4.69) is 0 Å². The quantitative estimate of drug-likeness (QED) is 0.874. The van der Waals surface area contributed by atoms with Crippen molar-refractivity contribution >= 4 is 0 Å². The largest absolute Gasteiger partial charge is 0.416 e. The van der Waals surface area contributed by atoms with Crippen molar-refractivity contribution in [1.82, 2.24) is 0 Å². The molecule has 3 unspecified atom stereocenters. The second-order valence-electron chi connectivity index (χ2n) is 5.65. The standard InChI is InChI=1S/C15H20F3NO/c1-9(10-5-6-10)14(20)13(8-19)11-3-2-4-12(7-11)15(16,17)18/h2-4,7,9-10,13-14,20H,5-6,8,19H2,1H3. The normalized spacial score (nSPS) is 20.5. The fourth-order valence-electron chi connectivity index (χ4n) is 2.69. The van der Waals surface area contributed by atoms with Crippen molar-refractivity contribution in [3.8, 4) is 0 Å². The van der Waals surface area contributed by atoms with Gasteiger partial charge >= 0.3 is 6.18 Å². The van der Waals surface area contributed by atoms with E-state index in [-0.39, 0.29) is 12.5 Å². The number of hydrogen-bond acceptors (Lipinski definition) is 2. The van der Waals surface area contributed by atoms with Crippen LogP contribution in [0.15, 0.2) is 24.3 Å². The maximum Gasteiger partial charge on any atom is 0.416 e. The van der Waals surface area contributed by atoms with Crippen molar-refractivity contribution < 1.29 is 18.3 Å². The van der Waals surface area contributed by atoms with Crippen LogP contribution in [0.1, 0.15) is 36.8 Å². The van der Waals surface area contributed by atoms with E-state index < -0.39 is 23.8 Å². The summed E-state index contributed by atoms with van der Waals surface area (Å²) in [6, 6.07) is 5.11. The predicted molar refractivity (Wildman–Crippen MR) is 71.1 cm³/mol. The van der Waals surface area contributed by atoms with E-state index in [1.165, 1.54) is 6.07 Å². The number of aliphatic hydroxyl groups is 1. The molecule has 20 heavy (non-hydrogen) atoms. The van der Waals surface area contributed by atoms with E-state index in [1.807, 2.05) is 6.92 Å². The van der Waals surface area contributed by atoms with Gasteiger partial charge in [0.15, 0.2) is 0 Å². The fraction of sp³-hybridized carbons (Fsp3) is 0.600. The summed E-state index contributed by atoms with van der Waals surface area (Å²) in [6.07, 6.45) is -2.91. The lowest BCUT2D eigenvalue weighted by Crippen LogP contribution is -2.32. The first-order valence-electron chi connectivity index (χ1n) is 6.90. The molecular weight excluding hydrogens is 267 g/mol. The second kappa shape index (κ2) is 5.74. The zero-order valence-corrected chi connectivity index (χ0v) is 11.4. The van der Waals surface area contributed by atoms with Gasteiger partial charge in [-0.1, -0.05) is 25.1 Å². The van der Waals surface area contributed by atoms with Crippen molar-refractivity contribution in [2.75, 3.05) is 6.54 Å². The SMILES string of the molecule is CC(C1CC1)C(O)C(CN)c1cccc(C(F)(F)F)c1. The van der Waals surface area contributed by atoms with Gasteiger partial charge in [-0.25, -0.2) is 0 Å². The van der Waals surface area contributed by atoms with Crippen LogP contribution < -0.4 is 5.73 Å². The highest BCUT2D eigenvalue weighted by Crippen LogP contribution is 2.41. The third-order valence-electron chi connectivity index (χ3n) is 4.21. The minimum atomic E-state index is -4.37. The molecule has 0 saturated heterocycles. The Kier molecular flexibility index (Phi) is 4.39. The molecule has 0 amide bonds. The molecule has 0 aliphatic heterocycles. The number of hydrogen-bond donors (Lipinski definition) is 2. The van der Waals surface area contributed by atoms with Crippen molar-refractivity contribution in [2.45, 2.75) is 38.0 Å². The lowest BCUT2D eigenvalue weighted by molar-refractivity contribution is -0.137. The van der Waals surface area contributed by atoms with Gasteiger partial charge in [0.25, 0.3) is 0 Å². The molecule has 0 spiro atoms. The highest BCUT2D eigenvalue weighted by atomic mass is 19.4. The number of benzene rings is 1. The van der Waals surface area contributed by atoms with Crippen molar-refractivity contribution in [3.63, 3.8) is 0 Å². The van der Waals surface area contributed by atoms with Crippen molar-refractivity contribution in [2.24, 2.45) is 17.6 Å². The summed E-state index contributed by atoms with van der Waals surface area (Å²) < 4.78 is 38.2. The molecule has 1 saturated carbocycles. The second-order valence-corrected chi connectivity index (χ2v) is 5.65. The molecule has 5 heteroatoms. The average Bonchev–Trinajstić information content (AvgIpc) is 3.22. The van der Waals surface area contributed by atoms with Gasteiger partial charge in [-0.3, -0.25) is 0 Å². The third kappa shape index (κ3) is 3.33. The van der Waals surface area contributed by atoms with E-state index in [4.69, 9.17) is 5.73 Å². The molecule has 0 radical (unpaired) electrons. The Balaban J connectivity index is 2.22. The van der Waals surface area contributed by atoms with Gasteiger partial charge in [0.05, 0.1) is 11.7 Å². The van der Waals surface area contributed by atoms with Crippen LogP contribution >= 0.6 is 0 Å². The van der Waals surface area contributed by atoms with Crippen LogP contribution in [0, 0.1) is 11.8 Å². The first-order valence-corrected chi connectivity index (χ1v) is 6.90. The number of rotatable bonds is 5. The number of halogens is 3. The Bertz CT molecular complexity index is 457. The summed E-state index contributed by atoms with van der Waals surface area (Å²) in [5, 5.41) is 10.4. The van der Waals surface area contributed by atoms with Gasteiger partial charge < -0.3 is 10.8 Å². The van der Waals surface area contributed by atoms with Crippen LogP contribution in [0.4, 0.5) is 13.2 Å². The number of alkyl halides is 3. The molecule has 3 atom stereocenters. The summed E-state index contributed by atoms with van der Waals surface area (Å²) in [4.78, 5) is 0. The van der Waals surface area contributed by atoms with Crippen molar-refractivity contribution in [1.29, 1.82) is 0 Å². The number of aliphatic hydroxyl groups excluding tert-OH is 1. The highest BCUT2D eigenvalue weighted by Gasteiger charge is 2.37. The van der Waals surface area contributed by atoms with Crippen LogP contribution in [0.3, 0.4) is 0 Å². The molecule has 1 aliphatic carbocycles. The third-order valence-corrected chi connectivity index (χ3v) is 4.21. The molecule has 1 aliphatic rings. The van der Waals surface area contributed by atoms with E-state index in [0.29, 0.717) is 11.5 Å². The molecular formula is C15H20F3NO.